The fourth-order valence-electron chi connectivity index (χ4n) is 5.75. The average Bonchev–Trinajstić information content (AvgIpc) is 3.33. The maximum absolute atomic E-state index is 13.4. The Hall–Kier alpha value is -4.20. The number of benzene rings is 4. The van der Waals surface area contributed by atoms with Crippen molar-refractivity contribution in [2.75, 3.05) is 0 Å². The van der Waals surface area contributed by atoms with E-state index in [-0.39, 0.29) is 0 Å². The van der Waals surface area contributed by atoms with E-state index in [1.165, 1.54) is 24.3 Å². The molecule has 4 aromatic rings. The Balaban J connectivity index is 1.73. The Kier molecular flexibility index (Phi) is 4.65. The van der Waals surface area contributed by atoms with Gasteiger partial charge < -0.3 is 0 Å². The normalized spacial score (nSPS) is 14.6. The molecule has 0 N–H and O–H groups in total. The molecular weight excluding hydrogens is 494 g/mol. The van der Waals surface area contributed by atoms with Crippen LogP contribution in [-0.2, 0) is 5.41 Å². The number of fused-ring (bicyclic) bond motifs is 10. The topological polar surface area (TPSA) is 34.1 Å². The molecule has 1 spiro atoms. The highest BCUT2D eigenvalue weighted by Crippen LogP contribution is 2.63. The highest BCUT2D eigenvalue weighted by atomic mass is 19.4. The molecule has 0 radical (unpaired) electrons. The van der Waals surface area contributed by atoms with E-state index in [1.807, 2.05) is 0 Å². The fourth-order valence-corrected chi connectivity index (χ4v) is 5.75. The highest BCUT2D eigenvalue weighted by Gasteiger charge is 2.53. The minimum atomic E-state index is -5.11. The quantitative estimate of drug-likeness (QED) is 0.179. The van der Waals surface area contributed by atoms with Crippen molar-refractivity contribution in [2.45, 2.75) is 17.8 Å². The molecule has 4 aromatic carbocycles. The number of alkyl halides is 6. The van der Waals surface area contributed by atoms with E-state index in [2.05, 4.69) is 0 Å². The summed E-state index contributed by atoms with van der Waals surface area (Å²) >= 11 is 0. The number of halogens is 6. The Morgan fingerprint density at radius 1 is 0.486 bits per heavy atom. The average molecular weight is 508 g/mol. The van der Waals surface area contributed by atoms with Gasteiger partial charge in [-0.2, -0.15) is 26.3 Å². The molecule has 2 aliphatic rings. The molecule has 6 rings (SSSR count). The molecule has 0 bridgehead atoms. The molecule has 0 fully saturated rings. The van der Waals surface area contributed by atoms with Gasteiger partial charge in [0.1, 0.15) is 0 Å². The van der Waals surface area contributed by atoms with Gasteiger partial charge in [0.2, 0.25) is 0 Å². The van der Waals surface area contributed by atoms with Crippen LogP contribution in [0.3, 0.4) is 0 Å². The Labute approximate surface area is 206 Å². The number of hydrogen-bond donors (Lipinski definition) is 0. The lowest BCUT2D eigenvalue weighted by atomic mass is 9.70. The van der Waals surface area contributed by atoms with Crippen LogP contribution < -0.4 is 0 Å². The van der Waals surface area contributed by atoms with E-state index in [9.17, 15) is 35.9 Å². The molecule has 184 valence electrons. The summed E-state index contributed by atoms with van der Waals surface area (Å²) in [7, 11) is 0. The standard InChI is InChI=1S/C29H14F6O2/c30-28(31,32)25(36)15-9-11-19-17-5-1-3-7-21(17)27(23(19)13-15)22-8-4-2-6-18(22)20-12-10-16(14-24(20)27)26(37)29(33,34)35/h1-14H. The largest absolute Gasteiger partial charge is 0.454 e. The monoisotopic (exact) mass is 508 g/mol. The number of hydrogen-bond acceptors (Lipinski definition) is 2. The third-order valence-corrected chi connectivity index (χ3v) is 7.13. The molecular formula is C29H14F6O2. The summed E-state index contributed by atoms with van der Waals surface area (Å²) < 4.78 is 80.1. The van der Waals surface area contributed by atoms with Gasteiger partial charge >= 0.3 is 12.4 Å². The van der Waals surface area contributed by atoms with Crippen LogP contribution >= 0.6 is 0 Å². The van der Waals surface area contributed by atoms with Crippen molar-refractivity contribution in [1.29, 1.82) is 0 Å². The lowest BCUT2D eigenvalue weighted by Crippen LogP contribution is -2.28. The van der Waals surface area contributed by atoms with Crippen molar-refractivity contribution in [3.63, 3.8) is 0 Å². The van der Waals surface area contributed by atoms with Crippen LogP contribution in [0.4, 0.5) is 26.3 Å². The third-order valence-electron chi connectivity index (χ3n) is 7.13. The summed E-state index contributed by atoms with van der Waals surface area (Å²) in [5.41, 5.74) is 1.97. The SMILES string of the molecule is O=C(c1ccc2c(c1)C1(c3ccccc3-2)c2ccccc2-c2ccc(C(=O)C(F)(F)F)cc21)C(F)(F)F. The lowest BCUT2D eigenvalue weighted by Gasteiger charge is -2.31. The van der Waals surface area contributed by atoms with Gasteiger partial charge in [0, 0.05) is 11.1 Å². The van der Waals surface area contributed by atoms with Crippen LogP contribution in [0.1, 0.15) is 43.0 Å². The van der Waals surface area contributed by atoms with Crippen LogP contribution in [-0.4, -0.2) is 23.9 Å². The van der Waals surface area contributed by atoms with Crippen molar-refractivity contribution in [3.05, 3.63) is 118 Å². The van der Waals surface area contributed by atoms with Crippen LogP contribution in [0.15, 0.2) is 84.9 Å². The van der Waals surface area contributed by atoms with Crippen LogP contribution in [0.2, 0.25) is 0 Å². The molecule has 2 nitrogen and oxygen atoms in total. The van der Waals surface area contributed by atoms with Gasteiger partial charge in [0.05, 0.1) is 5.41 Å². The minimum Gasteiger partial charge on any atom is -0.284 e. The van der Waals surface area contributed by atoms with Crippen LogP contribution in [0.25, 0.3) is 22.3 Å². The molecule has 37 heavy (non-hydrogen) atoms. The van der Waals surface area contributed by atoms with Gasteiger partial charge in [0.25, 0.3) is 11.6 Å². The van der Waals surface area contributed by atoms with Crippen molar-refractivity contribution in [2.24, 2.45) is 0 Å². The number of carbonyl (C=O) groups is 2. The van der Waals surface area contributed by atoms with Crippen LogP contribution in [0, 0.1) is 0 Å². The molecule has 0 amide bonds. The smallest absolute Gasteiger partial charge is 0.284 e. The molecule has 0 atom stereocenters. The second-order valence-corrected chi connectivity index (χ2v) is 9.02. The Morgan fingerprint density at radius 3 is 1.22 bits per heavy atom. The second-order valence-electron chi connectivity index (χ2n) is 9.02. The van der Waals surface area contributed by atoms with E-state index in [4.69, 9.17) is 0 Å². The molecule has 2 aliphatic carbocycles. The lowest BCUT2D eigenvalue weighted by molar-refractivity contribution is -0.0888. The number of rotatable bonds is 2. The summed E-state index contributed by atoms with van der Waals surface area (Å²) in [5.74, 6) is -4.04. The first-order valence-corrected chi connectivity index (χ1v) is 11.2. The van der Waals surface area contributed by atoms with Crippen molar-refractivity contribution < 1.29 is 35.9 Å². The highest BCUT2D eigenvalue weighted by molar-refractivity contribution is 6.04. The van der Waals surface area contributed by atoms with Crippen molar-refractivity contribution in [1.82, 2.24) is 0 Å². The zero-order valence-electron chi connectivity index (χ0n) is 18.7. The Morgan fingerprint density at radius 2 is 0.838 bits per heavy atom. The number of Topliss-reactive ketones (excluding diaryl/α,β-unsaturated/α-hetero) is 2. The van der Waals surface area contributed by atoms with E-state index >= 15 is 0 Å². The molecule has 8 heteroatoms. The predicted octanol–water partition coefficient (Wildman–Crippen LogP) is 7.52. The number of ketones is 2. The summed E-state index contributed by atoms with van der Waals surface area (Å²) in [4.78, 5) is 24.4. The zero-order valence-corrected chi connectivity index (χ0v) is 18.7. The summed E-state index contributed by atoms with van der Waals surface area (Å²) in [6.45, 7) is 0. The number of carbonyl (C=O) groups excluding carboxylic acids is 2. The minimum absolute atomic E-state index is 0.339. The zero-order chi connectivity index (χ0) is 26.3. The molecule has 0 unspecified atom stereocenters. The van der Waals surface area contributed by atoms with E-state index in [1.54, 1.807) is 48.5 Å². The third kappa shape index (κ3) is 3.08. The maximum atomic E-state index is 13.4. The summed E-state index contributed by atoms with van der Waals surface area (Å²) in [5, 5.41) is 0. The second kappa shape index (κ2) is 7.41. The van der Waals surface area contributed by atoms with E-state index in [0.717, 1.165) is 12.1 Å². The molecule has 0 saturated carbocycles. The van der Waals surface area contributed by atoms with Gasteiger partial charge in [0.15, 0.2) is 0 Å². The van der Waals surface area contributed by atoms with Gasteiger partial charge in [-0.25, -0.2) is 0 Å². The first-order valence-electron chi connectivity index (χ1n) is 11.2. The molecule has 0 heterocycles. The van der Waals surface area contributed by atoms with E-state index < -0.39 is 40.5 Å². The first kappa shape index (κ1) is 23.2. The maximum Gasteiger partial charge on any atom is 0.454 e. The molecule has 0 aliphatic heterocycles. The summed E-state index contributed by atoms with van der Waals surface area (Å²) in [6.07, 6.45) is -10.2. The van der Waals surface area contributed by atoms with Gasteiger partial charge in [-0.1, -0.05) is 72.8 Å². The first-order chi connectivity index (χ1) is 17.5. The summed E-state index contributed by atoms with van der Waals surface area (Å²) in [6, 6.07) is 21.5. The fraction of sp³-hybridized carbons (Fsp3) is 0.103. The van der Waals surface area contributed by atoms with Gasteiger partial charge in [-0.15, -0.1) is 0 Å². The van der Waals surface area contributed by atoms with Crippen molar-refractivity contribution in [3.8, 4) is 22.3 Å². The van der Waals surface area contributed by atoms with Crippen molar-refractivity contribution >= 4 is 11.6 Å². The van der Waals surface area contributed by atoms with E-state index in [0.29, 0.717) is 44.5 Å². The molecule has 0 saturated heterocycles. The Bertz CT molecular complexity index is 1520. The van der Waals surface area contributed by atoms with Gasteiger partial charge in [-0.05, 0) is 56.6 Å². The molecule has 0 aromatic heterocycles. The van der Waals surface area contributed by atoms with Gasteiger partial charge in [-0.3, -0.25) is 9.59 Å². The predicted molar refractivity (Wildman–Crippen MR) is 124 cm³/mol. The van der Waals surface area contributed by atoms with Crippen LogP contribution in [0.5, 0.6) is 0 Å².